The minimum Gasteiger partial charge on any atom is -0.407 e. The van der Waals surface area contributed by atoms with Crippen LogP contribution in [0.5, 0.6) is 0 Å². The van der Waals surface area contributed by atoms with E-state index in [0.717, 1.165) is 0 Å². The number of rotatable bonds is 7. The Morgan fingerprint density at radius 3 is 1.83 bits per heavy atom. The second kappa shape index (κ2) is 8.70. The zero-order chi connectivity index (χ0) is 21.1. The van der Waals surface area contributed by atoms with Gasteiger partial charge in [-0.15, -0.1) is 0 Å². The third-order valence-corrected chi connectivity index (χ3v) is 10.6. The number of benzene rings is 2. The second-order valence-corrected chi connectivity index (χ2v) is 13.5. The third kappa shape index (κ3) is 4.65. The van der Waals surface area contributed by atoms with Gasteiger partial charge in [-0.05, 0) is 35.7 Å². The minimum atomic E-state index is -2.55. The molecule has 1 N–H and O–H groups in total. The number of aliphatic hydroxyl groups excluding tert-OH is 1. The predicted octanol–water partition coefficient (Wildman–Crippen LogP) is 3.47. The summed E-state index contributed by atoms with van der Waals surface area (Å²) >= 11 is 0. The van der Waals surface area contributed by atoms with Gasteiger partial charge in [0.2, 0.25) is 0 Å². The monoisotopic (exact) mass is 414 g/mol. The van der Waals surface area contributed by atoms with Crippen LogP contribution in [-0.4, -0.2) is 44.6 Å². The van der Waals surface area contributed by atoms with E-state index < -0.39 is 14.1 Å². The molecule has 3 rings (SSSR count). The molecule has 1 heterocycles. The molecule has 2 aromatic carbocycles. The normalized spacial score (nSPS) is 22.0. The lowest BCUT2D eigenvalue weighted by molar-refractivity contribution is -0.149. The Morgan fingerprint density at radius 1 is 0.897 bits per heavy atom. The van der Waals surface area contributed by atoms with E-state index in [1.807, 2.05) is 26.0 Å². The molecule has 1 aliphatic heterocycles. The van der Waals surface area contributed by atoms with Crippen LogP contribution in [0.15, 0.2) is 60.7 Å². The van der Waals surface area contributed by atoms with Crippen LogP contribution in [0.2, 0.25) is 5.04 Å². The summed E-state index contributed by atoms with van der Waals surface area (Å²) in [6, 6.07) is 21.2. The number of hydrogen-bond acceptors (Lipinski definition) is 4. The molecule has 0 aliphatic carbocycles. The highest BCUT2D eigenvalue weighted by Crippen LogP contribution is 2.37. The van der Waals surface area contributed by atoms with Crippen molar-refractivity contribution in [2.24, 2.45) is 0 Å². The van der Waals surface area contributed by atoms with Gasteiger partial charge in [0.05, 0.1) is 12.7 Å². The summed E-state index contributed by atoms with van der Waals surface area (Å²) in [5.74, 6) is -0.671. The average molecular weight is 415 g/mol. The van der Waals surface area contributed by atoms with E-state index in [0.29, 0.717) is 13.0 Å². The van der Waals surface area contributed by atoms with E-state index in [-0.39, 0.29) is 23.9 Å². The highest BCUT2D eigenvalue weighted by molar-refractivity contribution is 6.99. The lowest BCUT2D eigenvalue weighted by atomic mass is 10.1. The van der Waals surface area contributed by atoms with Gasteiger partial charge in [-0.2, -0.15) is 0 Å². The molecule has 0 saturated carbocycles. The quantitative estimate of drug-likeness (QED) is 0.705. The average Bonchev–Trinajstić information content (AvgIpc) is 2.99. The molecule has 0 aromatic heterocycles. The van der Waals surface area contributed by atoms with Crippen molar-refractivity contribution in [3.05, 3.63) is 60.7 Å². The molecule has 0 spiro atoms. The Labute approximate surface area is 176 Å². The van der Waals surface area contributed by atoms with Crippen LogP contribution < -0.4 is 10.4 Å². The second-order valence-electron chi connectivity index (χ2n) is 9.20. The van der Waals surface area contributed by atoms with E-state index in [2.05, 4.69) is 69.3 Å². The Morgan fingerprint density at radius 2 is 1.38 bits per heavy atom. The zero-order valence-electron chi connectivity index (χ0n) is 18.2. The van der Waals surface area contributed by atoms with Crippen molar-refractivity contribution in [3.8, 4) is 0 Å². The van der Waals surface area contributed by atoms with Crippen LogP contribution in [0.25, 0.3) is 0 Å². The largest absolute Gasteiger partial charge is 0.407 e. The van der Waals surface area contributed by atoms with Gasteiger partial charge in [-0.25, -0.2) is 0 Å². The van der Waals surface area contributed by atoms with Crippen molar-refractivity contribution >= 4 is 18.7 Å². The fourth-order valence-electron chi connectivity index (χ4n) is 4.40. The topological polar surface area (TPSA) is 47.9 Å². The minimum absolute atomic E-state index is 0.0483. The lowest BCUT2D eigenvalue weighted by Crippen LogP contribution is -2.66. The van der Waals surface area contributed by atoms with Gasteiger partial charge in [-0.1, -0.05) is 81.4 Å². The van der Waals surface area contributed by atoms with Gasteiger partial charge >= 0.3 is 0 Å². The molecule has 2 atom stereocenters. The molecule has 0 radical (unpaired) electrons. The lowest BCUT2D eigenvalue weighted by Gasteiger charge is -2.43. The fourth-order valence-corrected chi connectivity index (χ4v) is 8.98. The maximum absolute atomic E-state index is 9.68. The van der Waals surface area contributed by atoms with Gasteiger partial charge in [0.25, 0.3) is 8.32 Å². The van der Waals surface area contributed by atoms with Crippen LogP contribution in [0.4, 0.5) is 0 Å². The van der Waals surface area contributed by atoms with Crippen LogP contribution >= 0.6 is 0 Å². The highest BCUT2D eigenvalue weighted by atomic mass is 28.4. The van der Waals surface area contributed by atoms with Crippen LogP contribution in [0.3, 0.4) is 0 Å². The molecule has 158 valence electrons. The maximum Gasteiger partial charge on any atom is 0.261 e. The SMILES string of the molecule is CC1(C)O[C@@H](CO)[C@H](CCO[Si](c2ccccc2)(c2ccccc2)C(C)(C)C)O1. The van der Waals surface area contributed by atoms with Crippen molar-refractivity contribution in [3.63, 3.8) is 0 Å². The Bertz CT molecular complexity index is 731. The molecule has 1 saturated heterocycles. The molecule has 1 aliphatic rings. The summed E-state index contributed by atoms with van der Waals surface area (Å²) in [7, 11) is -2.55. The van der Waals surface area contributed by atoms with E-state index in [1.54, 1.807) is 0 Å². The standard InChI is InChI=1S/C24H34O4Si/c1-23(2,3)29(19-12-8-6-9-13-19,20-14-10-7-11-15-20)26-17-16-21-22(18-25)28-24(4,5)27-21/h6-15,21-22,25H,16-18H2,1-5H3/t21-,22-/m0/s1. The van der Waals surface area contributed by atoms with Gasteiger partial charge < -0.3 is 19.0 Å². The molecular weight excluding hydrogens is 380 g/mol. The van der Waals surface area contributed by atoms with Crippen LogP contribution in [-0.2, 0) is 13.9 Å². The Hall–Kier alpha value is -1.50. The number of ether oxygens (including phenoxy) is 2. The van der Waals surface area contributed by atoms with E-state index >= 15 is 0 Å². The summed E-state index contributed by atoms with van der Waals surface area (Å²) in [5, 5.41) is 12.1. The summed E-state index contributed by atoms with van der Waals surface area (Å²) < 4.78 is 18.7. The molecule has 0 amide bonds. The van der Waals surface area contributed by atoms with Crippen molar-refractivity contribution in [1.82, 2.24) is 0 Å². The van der Waals surface area contributed by atoms with Crippen molar-refractivity contribution in [1.29, 1.82) is 0 Å². The molecular formula is C24H34O4Si. The molecule has 5 heteroatoms. The van der Waals surface area contributed by atoms with Gasteiger partial charge in [0, 0.05) is 6.61 Å². The van der Waals surface area contributed by atoms with E-state index in [9.17, 15) is 5.11 Å². The highest BCUT2D eigenvalue weighted by Gasteiger charge is 2.50. The van der Waals surface area contributed by atoms with Gasteiger partial charge in [0.1, 0.15) is 6.10 Å². The van der Waals surface area contributed by atoms with Crippen LogP contribution in [0, 0.1) is 0 Å². The fraction of sp³-hybridized carbons (Fsp3) is 0.500. The summed E-state index contributed by atoms with van der Waals surface area (Å²) in [6.07, 6.45) is 0.195. The zero-order valence-corrected chi connectivity index (χ0v) is 19.2. The molecule has 2 aromatic rings. The first-order valence-corrected chi connectivity index (χ1v) is 12.3. The number of hydrogen-bond donors (Lipinski definition) is 1. The van der Waals surface area contributed by atoms with Crippen molar-refractivity contribution in [2.75, 3.05) is 13.2 Å². The first kappa shape index (κ1) is 22.2. The Kier molecular flexibility index (Phi) is 6.66. The van der Waals surface area contributed by atoms with E-state index in [4.69, 9.17) is 13.9 Å². The van der Waals surface area contributed by atoms with Gasteiger partial charge in [0.15, 0.2) is 5.79 Å². The Balaban J connectivity index is 1.90. The molecule has 0 unspecified atom stereocenters. The van der Waals surface area contributed by atoms with Crippen molar-refractivity contribution in [2.45, 2.75) is 64.1 Å². The maximum atomic E-state index is 9.68. The molecule has 0 bridgehead atoms. The van der Waals surface area contributed by atoms with E-state index in [1.165, 1.54) is 10.4 Å². The smallest absolute Gasteiger partial charge is 0.261 e. The van der Waals surface area contributed by atoms with Gasteiger partial charge in [-0.3, -0.25) is 0 Å². The predicted molar refractivity (Wildman–Crippen MR) is 119 cm³/mol. The first-order valence-electron chi connectivity index (χ1n) is 10.4. The number of aliphatic hydroxyl groups is 1. The third-order valence-electron chi connectivity index (χ3n) is 5.60. The summed E-state index contributed by atoms with van der Waals surface area (Å²) in [4.78, 5) is 0. The summed E-state index contributed by atoms with van der Waals surface area (Å²) in [6.45, 7) is 11.1. The molecule has 29 heavy (non-hydrogen) atoms. The first-order chi connectivity index (χ1) is 13.7. The molecule has 4 nitrogen and oxygen atoms in total. The van der Waals surface area contributed by atoms with Crippen molar-refractivity contribution < 1.29 is 19.0 Å². The molecule has 1 fully saturated rings. The summed E-state index contributed by atoms with van der Waals surface area (Å²) in [5.41, 5.74) is 0. The van der Waals surface area contributed by atoms with Crippen LogP contribution in [0.1, 0.15) is 41.0 Å².